The molecule has 1 heterocycles. The van der Waals surface area contributed by atoms with Crippen LogP contribution in [-0.2, 0) is 9.53 Å². The first-order chi connectivity index (χ1) is 9.67. The third-order valence-electron chi connectivity index (χ3n) is 3.19. The first kappa shape index (κ1) is 14.2. The number of carbonyl (C=O) groups is 1. The maximum Gasteiger partial charge on any atom is 0.325 e. The smallest absolute Gasteiger partial charge is 0.325 e. The van der Waals surface area contributed by atoms with Crippen molar-refractivity contribution < 1.29 is 9.53 Å². The van der Waals surface area contributed by atoms with Gasteiger partial charge in [0.25, 0.3) is 0 Å². The van der Waals surface area contributed by atoms with Gasteiger partial charge in [0.05, 0.1) is 12.6 Å². The van der Waals surface area contributed by atoms with E-state index >= 15 is 0 Å². The molecule has 0 atom stereocenters. The highest BCUT2D eigenvalue weighted by molar-refractivity contribution is 5.93. The Balaban J connectivity index is 2.50. The summed E-state index contributed by atoms with van der Waals surface area (Å²) < 4.78 is 4.77. The van der Waals surface area contributed by atoms with Crippen LogP contribution in [0.2, 0.25) is 0 Å². The Morgan fingerprint density at radius 1 is 1.35 bits per heavy atom. The van der Waals surface area contributed by atoms with Gasteiger partial charge in [0, 0.05) is 11.9 Å². The highest BCUT2D eigenvalue weighted by Gasteiger charge is 2.16. The van der Waals surface area contributed by atoms with Gasteiger partial charge in [0.15, 0.2) is 0 Å². The molecule has 0 fully saturated rings. The third kappa shape index (κ3) is 2.87. The second-order valence-electron chi connectivity index (χ2n) is 4.66. The maximum absolute atomic E-state index is 11.6. The minimum Gasteiger partial charge on any atom is -0.468 e. The summed E-state index contributed by atoms with van der Waals surface area (Å²) in [5.74, 6) is 0.527. The van der Waals surface area contributed by atoms with Gasteiger partial charge in [-0.25, -0.2) is 9.97 Å². The van der Waals surface area contributed by atoms with E-state index in [0.29, 0.717) is 0 Å². The zero-order chi connectivity index (χ0) is 14.5. The molecule has 1 aromatic heterocycles. The molecule has 0 saturated heterocycles. The third-order valence-corrected chi connectivity index (χ3v) is 3.19. The zero-order valence-electron chi connectivity index (χ0n) is 12.1. The van der Waals surface area contributed by atoms with Crippen LogP contribution in [0.15, 0.2) is 24.5 Å². The van der Waals surface area contributed by atoms with Gasteiger partial charge in [-0.1, -0.05) is 19.1 Å². The molecule has 0 aliphatic rings. The number of carbonyl (C=O) groups excluding carboxylic acids is 1. The molecule has 5 nitrogen and oxygen atoms in total. The summed E-state index contributed by atoms with van der Waals surface area (Å²) in [6, 6.07) is 5.95. The van der Waals surface area contributed by atoms with Crippen LogP contribution < -0.4 is 4.90 Å². The molecule has 0 amide bonds. The fourth-order valence-corrected chi connectivity index (χ4v) is 2.25. The van der Waals surface area contributed by atoms with Crippen LogP contribution in [0, 0.1) is 6.92 Å². The summed E-state index contributed by atoms with van der Waals surface area (Å²) in [5.41, 5.74) is 1.99. The van der Waals surface area contributed by atoms with Crippen LogP contribution in [0.4, 0.5) is 5.82 Å². The largest absolute Gasteiger partial charge is 0.468 e. The summed E-state index contributed by atoms with van der Waals surface area (Å²) >= 11 is 0. The van der Waals surface area contributed by atoms with Gasteiger partial charge in [-0.2, -0.15) is 0 Å². The molecule has 20 heavy (non-hydrogen) atoms. The van der Waals surface area contributed by atoms with Gasteiger partial charge in [0.2, 0.25) is 0 Å². The number of methoxy groups -OCH3 is 1. The molecule has 5 heteroatoms. The monoisotopic (exact) mass is 273 g/mol. The van der Waals surface area contributed by atoms with E-state index in [2.05, 4.69) is 16.9 Å². The second kappa shape index (κ2) is 6.32. The predicted molar refractivity (Wildman–Crippen MR) is 78.8 cm³/mol. The van der Waals surface area contributed by atoms with Crippen molar-refractivity contribution in [2.24, 2.45) is 0 Å². The highest BCUT2D eigenvalue weighted by Crippen LogP contribution is 2.26. The lowest BCUT2D eigenvalue weighted by molar-refractivity contribution is -0.138. The average molecular weight is 273 g/mol. The van der Waals surface area contributed by atoms with E-state index in [9.17, 15) is 4.79 Å². The van der Waals surface area contributed by atoms with Crippen LogP contribution in [0.1, 0.15) is 18.9 Å². The molecule has 0 aliphatic carbocycles. The second-order valence-corrected chi connectivity index (χ2v) is 4.66. The van der Waals surface area contributed by atoms with Gasteiger partial charge in [-0.3, -0.25) is 4.79 Å². The quantitative estimate of drug-likeness (QED) is 0.783. The van der Waals surface area contributed by atoms with Crippen LogP contribution >= 0.6 is 0 Å². The highest BCUT2D eigenvalue weighted by atomic mass is 16.5. The number of anilines is 1. The molecule has 1 aromatic carbocycles. The van der Waals surface area contributed by atoms with E-state index in [1.54, 1.807) is 0 Å². The Bertz CT molecular complexity index is 608. The summed E-state index contributed by atoms with van der Waals surface area (Å²) in [4.78, 5) is 22.2. The lowest BCUT2D eigenvalue weighted by Crippen LogP contribution is -2.32. The number of benzene rings is 1. The van der Waals surface area contributed by atoms with E-state index in [-0.39, 0.29) is 12.5 Å². The van der Waals surface area contributed by atoms with Crippen molar-refractivity contribution in [1.82, 2.24) is 9.97 Å². The van der Waals surface area contributed by atoms with Gasteiger partial charge >= 0.3 is 5.97 Å². The topological polar surface area (TPSA) is 55.3 Å². The van der Waals surface area contributed by atoms with E-state index < -0.39 is 0 Å². The first-order valence-corrected chi connectivity index (χ1v) is 6.69. The van der Waals surface area contributed by atoms with Crippen molar-refractivity contribution in [1.29, 1.82) is 0 Å². The summed E-state index contributed by atoms with van der Waals surface area (Å²) in [7, 11) is 1.40. The fourth-order valence-electron chi connectivity index (χ4n) is 2.25. The van der Waals surface area contributed by atoms with E-state index in [0.717, 1.165) is 35.2 Å². The number of esters is 1. The number of nitrogens with zero attached hydrogens (tertiary/aromatic N) is 3. The minimum absolute atomic E-state index is 0.199. The zero-order valence-corrected chi connectivity index (χ0v) is 12.1. The minimum atomic E-state index is -0.265. The number of aromatic nitrogens is 2. The normalized spacial score (nSPS) is 10.6. The SMILES string of the molecule is CCCN(CC(=O)OC)c1ncnc2cccc(C)c12. The molecule has 0 aliphatic heterocycles. The molecule has 0 bridgehead atoms. The predicted octanol–water partition coefficient (Wildman–Crippen LogP) is 2.33. The summed E-state index contributed by atoms with van der Waals surface area (Å²) in [6.07, 6.45) is 2.46. The average Bonchev–Trinajstić information content (AvgIpc) is 2.46. The summed E-state index contributed by atoms with van der Waals surface area (Å²) in [6.45, 7) is 5.04. The van der Waals surface area contributed by atoms with Crippen LogP contribution in [0.5, 0.6) is 0 Å². The Labute approximate surface area is 118 Å². The van der Waals surface area contributed by atoms with Crippen molar-refractivity contribution in [3.8, 4) is 0 Å². The van der Waals surface area contributed by atoms with Crippen molar-refractivity contribution in [3.05, 3.63) is 30.1 Å². The number of ether oxygens (including phenoxy) is 1. The molecular weight excluding hydrogens is 254 g/mol. The van der Waals surface area contributed by atoms with Crippen LogP contribution in [-0.4, -0.2) is 36.1 Å². The van der Waals surface area contributed by atoms with Crippen molar-refractivity contribution >= 4 is 22.7 Å². The molecule has 0 N–H and O–H groups in total. The van der Waals surface area contributed by atoms with Gasteiger partial charge in [-0.05, 0) is 25.0 Å². The molecule has 0 radical (unpaired) electrons. The number of hydrogen-bond acceptors (Lipinski definition) is 5. The van der Waals surface area contributed by atoms with E-state index in [1.165, 1.54) is 13.4 Å². The number of rotatable bonds is 5. The molecule has 2 aromatic rings. The van der Waals surface area contributed by atoms with Gasteiger partial charge in [0.1, 0.15) is 18.7 Å². The van der Waals surface area contributed by atoms with Crippen molar-refractivity contribution in [2.75, 3.05) is 25.1 Å². The molecule has 0 spiro atoms. The van der Waals surface area contributed by atoms with Crippen LogP contribution in [0.25, 0.3) is 10.9 Å². The van der Waals surface area contributed by atoms with Gasteiger partial charge in [-0.15, -0.1) is 0 Å². The maximum atomic E-state index is 11.6. The molecular formula is C15H19N3O2. The van der Waals surface area contributed by atoms with E-state index in [1.807, 2.05) is 30.0 Å². The van der Waals surface area contributed by atoms with E-state index in [4.69, 9.17) is 4.74 Å². The Morgan fingerprint density at radius 3 is 2.85 bits per heavy atom. The molecule has 0 unspecified atom stereocenters. The van der Waals surface area contributed by atoms with Crippen molar-refractivity contribution in [3.63, 3.8) is 0 Å². The van der Waals surface area contributed by atoms with Crippen molar-refractivity contribution in [2.45, 2.75) is 20.3 Å². The lowest BCUT2D eigenvalue weighted by atomic mass is 10.1. The molecule has 0 saturated carbocycles. The fraction of sp³-hybridized carbons (Fsp3) is 0.400. The Morgan fingerprint density at radius 2 is 2.15 bits per heavy atom. The first-order valence-electron chi connectivity index (χ1n) is 6.69. The molecule has 106 valence electrons. The Hall–Kier alpha value is -2.17. The summed E-state index contributed by atoms with van der Waals surface area (Å²) in [5, 5.41) is 0.993. The standard InChI is InChI=1S/C15H19N3O2/c1-4-8-18(9-13(19)20-3)15-14-11(2)6-5-7-12(14)16-10-17-15/h5-7,10H,4,8-9H2,1-3H3. The number of fused-ring (bicyclic) bond motifs is 1. The Kier molecular flexibility index (Phi) is 4.50. The van der Waals surface area contributed by atoms with Crippen LogP contribution in [0.3, 0.4) is 0 Å². The van der Waals surface area contributed by atoms with Gasteiger partial charge < -0.3 is 9.64 Å². The molecule has 2 rings (SSSR count). The lowest BCUT2D eigenvalue weighted by Gasteiger charge is -2.23. The number of hydrogen-bond donors (Lipinski definition) is 0. The number of aryl methyl sites for hydroxylation is 1.